The Hall–Kier alpha value is -0.990. The van der Waals surface area contributed by atoms with Gasteiger partial charge in [-0.15, -0.1) is 0 Å². The van der Waals surface area contributed by atoms with Gasteiger partial charge in [-0.05, 0) is 17.8 Å². The predicted octanol–water partition coefficient (Wildman–Crippen LogP) is 3.24. The maximum Gasteiger partial charge on any atom is 0.202 e. The van der Waals surface area contributed by atoms with Crippen LogP contribution in [0.3, 0.4) is 0 Å². The summed E-state index contributed by atoms with van der Waals surface area (Å²) in [6.45, 7) is 13.3. The van der Waals surface area contributed by atoms with Gasteiger partial charge >= 0.3 is 0 Å². The van der Waals surface area contributed by atoms with Gasteiger partial charge in [-0.25, -0.2) is 4.98 Å². The van der Waals surface area contributed by atoms with Gasteiger partial charge in [0.05, 0.1) is 0 Å². The van der Waals surface area contributed by atoms with Gasteiger partial charge in [-0.1, -0.05) is 34.6 Å². The lowest BCUT2D eigenvalue weighted by Gasteiger charge is -2.18. The zero-order valence-electron chi connectivity index (χ0n) is 11.2. The second-order valence-electron chi connectivity index (χ2n) is 5.40. The highest BCUT2D eigenvalue weighted by molar-refractivity contribution is 5.25. The van der Waals surface area contributed by atoms with E-state index in [0.29, 0.717) is 17.8 Å². The highest BCUT2D eigenvalue weighted by Crippen LogP contribution is 2.15. The van der Waals surface area contributed by atoms with Gasteiger partial charge < -0.3 is 9.88 Å². The average Bonchev–Trinajstić information content (AvgIpc) is 2.62. The quantitative estimate of drug-likeness (QED) is 0.802. The smallest absolute Gasteiger partial charge is 0.202 e. The molecule has 3 nitrogen and oxygen atoms in total. The molecule has 0 radical (unpaired) electrons. The van der Waals surface area contributed by atoms with E-state index in [-0.39, 0.29) is 0 Å². The van der Waals surface area contributed by atoms with Crippen molar-refractivity contribution in [2.45, 2.75) is 41.2 Å². The molecule has 92 valence electrons. The summed E-state index contributed by atoms with van der Waals surface area (Å²) in [5, 5.41) is 3.39. The van der Waals surface area contributed by atoms with E-state index in [1.165, 1.54) is 0 Å². The molecule has 0 bridgehead atoms. The van der Waals surface area contributed by atoms with Crippen LogP contribution in [-0.4, -0.2) is 16.1 Å². The molecule has 0 aliphatic heterocycles. The second kappa shape index (κ2) is 5.92. The van der Waals surface area contributed by atoms with Crippen molar-refractivity contribution in [3.05, 3.63) is 12.4 Å². The normalized spacial score (nSPS) is 13.4. The minimum atomic E-state index is 0.646. The summed E-state index contributed by atoms with van der Waals surface area (Å²) in [6.07, 6.45) is 3.93. The number of nitrogens with one attached hydrogen (secondary N) is 1. The van der Waals surface area contributed by atoms with Crippen LogP contribution < -0.4 is 5.32 Å². The topological polar surface area (TPSA) is 29.9 Å². The Kier molecular flexibility index (Phi) is 4.84. The van der Waals surface area contributed by atoms with E-state index in [9.17, 15) is 0 Å². The van der Waals surface area contributed by atoms with Crippen LogP contribution in [0.1, 0.15) is 34.6 Å². The van der Waals surface area contributed by atoms with Gasteiger partial charge in [0.2, 0.25) is 5.95 Å². The number of aromatic nitrogens is 2. The molecule has 0 spiro atoms. The Morgan fingerprint density at radius 2 is 1.94 bits per heavy atom. The molecule has 0 aliphatic carbocycles. The van der Waals surface area contributed by atoms with Crippen LogP contribution in [0.4, 0.5) is 5.95 Å². The maximum atomic E-state index is 4.35. The molecule has 1 aromatic heterocycles. The molecule has 1 aromatic rings. The second-order valence-corrected chi connectivity index (χ2v) is 5.40. The summed E-state index contributed by atoms with van der Waals surface area (Å²) >= 11 is 0. The van der Waals surface area contributed by atoms with Crippen molar-refractivity contribution in [1.29, 1.82) is 0 Å². The van der Waals surface area contributed by atoms with E-state index in [0.717, 1.165) is 19.0 Å². The van der Waals surface area contributed by atoms with Crippen molar-refractivity contribution >= 4 is 5.95 Å². The Balaban J connectivity index is 2.56. The fourth-order valence-corrected chi connectivity index (χ4v) is 1.44. The number of imidazole rings is 1. The van der Waals surface area contributed by atoms with Crippen LogP contribution >= 0.6 is 0 Å². The van der Waals surface area contributed by atoms with E-state index in [2.05, 4.69) is 55.7 Å². The first kappa shape index (κ1) is 13.1. The third kappa shape index (κ3) is 3.87. The molecule has 0 saturated heterocycles. The van der Waals surface area contributed by atoms with Gasteiger partial charge in [0, 0.05) is 25.5 Å². The van der Waals surface area contributed by atoms with Crippen LogP contribution in [0.5, 0.6) is 0 Å². The number of hydrogen-bond donors (Lipinski definition) is 1. The Labute approximate surface area is 99.3 Å². The summed E-state index contributed by atoms with van der Waals surface area (Å²) in [4.78, 5) is 4.35. The van der Waals surface area contributed by atoms with Gasteiger partial charge in [0.1, 0.15) is 0 Å². The van der Waals surface area contributed by atoms with Crippen LogP contribution in [-0.2, 0) is 6.54 Å². The predicted molar refractivity (Wildman–Crippen MR) is 69.6 cm³/mol. The molecule has 3 heteroatoms. The molecule has 1 N–H and O–H groups in total. The molecule has 1 rings (SSSR count). The highest BCUT2D eigenvalue weighted by Gasteiger charge is 2.10. The lowest BCUT2D eigenvalue weighted by Crippen LogP contribution is -2.17. The fraction of sp³-hybridized carbons (Fsp3) is 0.769. The summed E-state index contributed by atoms with van der Waals surface area (Å²) in [5.74, 6) is 3.03. The fourth-order valence-electron chi connectivity index (χ4n) is 1.44. The molecule has 0 aromatic carbocycles. The minimum absolute atomic E-state index is 0.646. The molecular weight excluding hydrogens is 198 g/mol. The first-order valence-electron chi connectivity index (χ1n) is 6.25. The van der Waals surface area contributed by atoms with Gasteiger partial charge in [0.15, 0.2) is 0 Å². The van der Waals surface area contributed by atoms with Crippen molar-refractivity contribution in [2.24, 2.45) is 17.8 Å². The van der Waals surface area contributed by atoms with E-state index in [1.807, 2.05) is 6.20 Å². The van der Waals surface area contributed by atoms with Gasteiger partial charge in [0.25, 0.3) is 0 Å². The van der Waals surface area contributed by atoms with E-state index >= 15 is 0 Å². The standard InChI is InChI=1S/C13H25N3/c1-10(2)8-15-13-14-6-7-16(13)9-12(5)11(3)4/h6-7,10-12H,8-9H2,1-5H3,(H,14,15). The average molecular weight is 223 g/mol. The highest BCUT2D eigenvalue weighted by atomic mass is 15.2. The third-order valence-corrected chi connectivity index (χ3v) is 3.01. The molecule has 1 heterocycles. The first-order valence-corrected chi connectivity index (χ1v) is 6.25. The number of hydrogen-bond acceptors (Lipinski definition) is 2. The van der Waals surface area contributed by atoms with Crippen molar-refractivity contribution in [1.82, 2.24) is 9.55 Å². The van der Waals surface area contributed by atoms with Crippen molar-refractivity contribution in [3.8, 4) is 0 Å². The van der Waals surface area contributed by atoms with Crippen LogP contribution in [0.25, 0.3) is 0 Å². The van der Waals surface area contributed by atoms with E-state index < -0.39 is 0 Å². The molecular formula is C13H25N3. The first-order chi connectivity index (χ1) is 7.50. The number of nitrogens with zero attached hydrogens (tertiary/aromatic N) is 2. The molecule has 0 amide bonds. The molecule has 0 saturated carbocycles. The largest absolute Gasteiger partial charge is 0.355 e. The number of anilines is 1. The van der Waals surface area contributed by atoms with Gasteiger partial charge in [-0.3, -0.25) is 0 Å². The van der Waals surface area contributed by atoms with Crippen molar-refractivity contribution in [3.63, 3.8) is 0 Å². The summed E-state index contributed by atoms with van der Waals surface area (Å²) in [5.41, 5.74) is 0. The summed E-state index contributed by atoms with van der Waals surface area (Å²) < 4.78 is 2.22. The SMILES string of the molecule is CC(C)CNc1nccn1CC(C)C(C)C. The van der Waals surface area contributed by atoms with Gasteiger partial charge in [-0.2, -0.15) is 0 Å². The molecule has 0 fully saturated rings. The zero-order chi connectivity index (χ0) is 12.1. The monoisotopic (exact) mass is 223 g/mol. The molecule has 16 heavy (non-hydrogen) atoms. The van der Waals surface area contributed by atoms with E-state index in [4.69, 9.17) is 0 Å². The molecule has 1 atom stereocenters. The maximum absolute atomic E-state index is 4.35. The molecule has 1 unspecified atom stereocenters. The summed E-state index contributed by atoms with van der Waals surface area (Å²) in [7, 11) is 0. The molecule has 0 aliphatic rings. The van der Waals surface area contributed by atoms with Crippen LogP contribution in [0.15, 0.2) is 12.4 Å². The summed E-state index contributed by atoms with van der Waals surface area (Å²) in [6, 6.07) is 0. The lowest BCUT2D eigenvalue weighted by molar-refractivity contribution is 0.366. The Bertz CT molecular complexity index is 302. The van der Waals surface area contributed by atoms with Crippen molar-refractivity contribution < 1.29 is 0 Å². The third-order valence-electron chi connectivity index (χ3n) is 3.01. The zero-order valence-corrected chi connectivity index (χ0v) is 11.2. The van der Waals surface area contributed by atoms with Crippen molar-refractivity contribution in [2.75, 3.05) is 11.9 Å². The lowest BCUT2D eigenvalue weighted by atomic mass is 9.98. The number of rotatable bonds is 6. The Morgan fingerprint density at radius 3 is 2.50 bits per heavy atom. The van der Waals surface area contributed by atoms with E-state index in [1.54, 1.807) is 0 Å². The van der Waals surface area contributed by atoms with Crippen LogP contribution in [0, 0.1) is 17.8 Å². The van der Waals surface area contributed by atoms with Crippen LogP contribution in [0.2, 0.25) is 0 Å². The Morgan fingerprint density at radius 1 is 1.25 bits per heavy atom. The minimum Gasteiger partial charge on any atom is -0.355 e.